The molecule has 0 unspecified atom stereocenters. The molecule has 24 heavy (non-hydrogen) atoms. The van der Waals surface area contributed by atoms with E-state index in [4.69, 9.17) is 0 Å². The van der Waals surface area contributed by atoms with Crippen molar-refractivity contribution >= 4 is 11.8 Å². The van der Waals surface area contributed by atoms with Crippen LogP contribution < -0.4 is 0 Å². The fourth-order valence-electron chi connectivity index (χ4n) is 3.05. The SMILES string of the molecule is CC=Cc1cc(F)cc(F)c1CN1CN=C(CC)/C(=C/C)C1=CC. The lowest BCUT2D eigenvalue weighted by Crippen LogP contribution is -2.31. The van der Waals surface area contributed by atoms with Crippen LogP contribution in [0.3, 0.4) is 0 Å². The number of aliphatic imine (C=N–C) groups is 1. The van der Waals surface area contributed by atoms with Crippen molar-refractivity contribution in [2.24, 2.45) is 4.99 Å². The van der Waals surface area contributed by atoms with Crippen LogP contribution >= 0.6 is 0 Å². The number of halogens is 2. The first kappa shape index (κ1) is 18.1. The van der Waals surface area contributed by atoms with E-state index in [9.17, 15) is 8.78 Å². The second-order valence-electron chi connectivity index (χ2n) is 5.63. The maximum absolute atomic E-state index is 14.4. The van der Waals surface area contributed by atoms with E-state index in [1.165, 1.54) is 6.07 Å². The van der Waals surface area contributed by atoms with Crippen LogP contribution in [0.1, 0.15) is 45.2 Å². The van der Waals surface area contributed by atoms with E-state index < -0.39 is 11.6 Å². The molecule has 0 N–H and O–H groups in total. The van der Waals surface area contributed by atoms with Gasteiger partial charge in [0.1, 0.15) is 18.3 Å². The summed E-state index contributed by atoms with van der Waals surface area (Å²) in [7, 11) is 0. The number of allylic oxidation sites excluding steroid dienone is 4. The van der Waals surface area contributed by atoms with E-state index in [1.807, 2.05) is 37.8 Å². The molecule has 0 aromatic heterocycles. The molecule has 1 aromatic carbocycles. The lowest BCUT2D eigenvalue weighted by Gasteiger charge is -2.32. The minimum absolute atomic E-state index is 0.350. The summed E-state index contributed by atoms with van der Waals surface area (Å²) in [6.07, 6.45) is 8.45. The molecule has 0 saturated heterocycles. The van der Waals surface area contributed by atoms with Gasteiger partial charge < -0.3 is 4.90 Å². The highest BCUT2D eigenvalue weighted by Crippen LogP contribution is 2.28. The number of nitrogens with zero attached hydrogens (tertiary/aromatic N) is 2. The molecule has 4 heteroatoms. The van der Waals surface area contributed by atoms with Crippen molar-refractivity contribution < 1.29 is 8.78 Å². The van der Waals surface area contributed by atoms with E-state index in [0.717, 1.165) is 29.5 Å². The van der Waals surface area contributed by atoms with Crippen LogP contribution in [0.15, 0.2) is 46.6 Å². The summed E-state index contributed by atoms with van der Waals surface area (Å²) in [5, 5.41) is 0. The molecular formula is C20H24F2N2. The standard InChI is InChI=1S/C20H24F2N2/c1-5-9-14-10-15(21)11-18(22)17(14)12-24-13-23-19(7-3)16(6-2)20(24)8-4/h5-6,8-11H,7,12-13H2,1-4H3/b9-5?,16-6-,20-8?. The van der Waals surface area contributed by atoms with Crippen LogP contribution in [-0.4, -0.2) is 17.3 Å². The maximum Gasteiger partial charge on any atom is 0.131 e. The van der Waals surface area contributed by atoms with Gasteiger partial charge in [-0.3, -0.25) is 4.99 Å². The highest BCUT2D eigenvalue weighted by molar-refractivity contribution is 6.04. The van der Waals surface area contributed by atoms with E-state index in [2.05, 4.69) is 11.9 Å². The van der Waals surface area contributed by atoms with Gasteiger partial charge in [-0.1, -0.05) is 31.2 Å². The van der Waals surface area contributed by atoms with Crippen LogP contribution in [0.2, 0.25) is 0 Å². The molecule has 128 valence electrons. The number of benzene rings is 1. The molecule has 0 amide bonds. The third-order valence-electron chi connectivity index (χ3n) is 4.15. The Morgan fingerprint density at radius 1 is 1.17 bits per heavy atom. The maximum atomic E-state index is 14.4. The average molecular weight is 330 g/mol. The first-order chi connectivity index (χ1) is 11.5. The van der Waals surface area contributed by atoms with Crippen molar-refractivity contribution in [1.82, 2.24) is 4.90 Å². The number of hydrogen-bond donors (Lipinski definition) is 0. The third kappa shape index (κ3) is 3.64. The molecule has 1 heterocycles. The molecule has 0 spiro atoms. The van der Waals surface area contributed by atoms with Gasteiger partial charge in [0.2, 0.25) is 0 Å². The van der Waals surface area contributed by atoms with Crippen molar-refractivity contribution in [3.8, 4) is 0 Å². The quantitative estimate of drug-likeness (QED) is 0.714. The van der Waals surface area contributed by atoms with Gasteiger partial charge in [0, 0.05) is 35.2 Å². The van der Waals surface area contributed by atoms with Crippen LogP contribution in [0, 0.1) is 11.6 Å². The molecule has 0 fully saturated rings. The zero-order valence-electron chi connectivity index (χ0n) is 14.7. The molecule has 1 aliphatic heterocycles. The molecule has 0 radical (unpaired) electrons. The first-order valence-corrected chi connectivity index (χ1v) is 8.27. The predicted molar refractivity (Wildman–Crippen MR) is 96.7 cm³/mol. The molecule has 0 saturated carbocycles. The minimum atomic E-state index is -0.560. The van der Waals surface area contributed by atoms with Gasteiger partial charge in [-0.25, -0.2) is 8.78 Å². The molecule has 0 atom stereocenters. The molecular weight excluding hydrogens is 306 g/mol. The fraction of sp³-hybridized carbons (Fsp3) is 0.350. The van der Waals surface area contributed by atoms with E-state index >= 15 is 0 Å². The fourth-order valence-corrected chi connectivity index (χ4v) is 3.05. The second-order valence-corrected chi connectivity index (χ2v) is 5.63. The smallest absolute Gasteiger partial charge is 0.131 e. The van der Waals surface area contributed by atoms with E-state index in [0.29, 0.717) is 24.3 Å². The lowest BCUT2D eigenvalue weighted by molar-refractivity contribution is 0.342. The summed E-state index contributed by atoms with van der Waals surface area (Å²) in [5.41, 5.74) is 4.24. The summed E-state index contributed by atoms with van der Waals surface area (Å²) < 4.78 is 27.9. The lowest BCUT2D eigenvalue weighted by atomic mass is 9.99. The number of rotatable bonds is 4. The molecule has 0 bridgehead atoms. The van der Waals surface area contributed by atoms with Crippen molar-refractivity contribution in [2.45, 2.75) is 40.7 Å². The van der Waals surface area contributed by atoms with Gasteiger partial charge in [-0.05, 0) is 38.8 Å². The minimum Gasteiger partial charge on any atom is -0.347 e. The third-order valence-corrected chi connectivity index (χ3v) is 4.15. The summed E-state index contributed by atoms with van der Waals surface area (Å²) in [6, 6.07) is 2.31. The van der Waals surface area contributed by atoms with Gasteiger partial charge in [0.25, 0.3) is 0 Å². The number of hydrogen-bond acceptors (Lipinski definition) is 2. The summed E-state index contributed by atoms with van der Waals surface area (Å²) >= 11 is 0. The van der Waals surface area contributed by atoms with Crippen LogP contribution in [-0.2, 0) is 6.54 Å². The topological polar surface area (TPSA) is 15.6 Å². The van der Waals surface area contributed by atoms with Gasteiger partial charge in [0.15, 0.2) is 0 Å². The van der Waals surface area contributed by atoms with Crippen molar-refractivity contribution in [3.63, 3.8) is 0 Å². The van der Waals surface area contributed by atoms with Crippen molar-refractivity contribution in [1.29, 1.82) is 0 Å². The first-order valence-electron chi connectivity index (χ1n) is 8.27. The Morgan fingerprint density at radius 3 is 2.50 bits per heavy atom. The zero-order valence-corrected chi connectivity index (χ0v) is 14.7. The Hall–Kier alpha value is -2.23. The van der Waals surface area contributed by atoms with Gasteiger partial charge in [0.05, 0.1) is 0 Å². The second kappa shape index (κ2) is 8.04. The van der Waals surface area contributed by atoms with E-state index in [1.54, 1.807) is 12.2 Å². The van der Waals surface area contributed by atoms with Crippen LogP contribution in [0.5, 0.6) is 0 Å². The van der Waals surface area contributed by atoms with Crippen LogP contribution in [0.25, 0.3) is 6.08 Å². The molecule has 1 aromatic rings. The van der Waals surface area contributed by atoms with E-state index in [-0.39, 0.29) is 0 Å². The summed E-state index contributed by atoms with van der Waals surface area (Å²) in [4.78, 5) is 6.64. The monoisotopic (exact) mass is 330 g/mol. The zero-order chi connectivity index (χ0) is 17.7. The Balaban J connectivity index is 2.43. The van der Waals surface area contributed by atoms with Crippen molar-refractivity contribution in [2.75, 3.05) is 6.67 Å². The van der Waals surface area contributed by atoms with Gasteiger partial charge >= 0.3 is 0 Å². The average Bonchev–Trinajstić information content (AvgIpc) is 2.57. The van der Waals surface area contributed by atoms with Gasteiger partial charge in [-0.15, -0.1) is 0 Å². The highest BCUT2D eigenvalue weighted by atomic mass is 19.1. The summed E-state index contributed by atoms with van der Waals surface area (Å²) in [5.74, 6) is -1.08. The molecule has 1 aliphatic rings. The Morgan fingerprint density at radius 2 is 1.92 bits per heavy atom. The molecule has 2 rings (SSSR count). The highest BCUT2D eigenvalue weighted by Gasteiger charge is 2.23. The van der Waals surface area contributed by atoms with Crippen molar-refractivity contribution in [3.05, 3.63) is 64.4 Å². The van der Waals surface area contributed by atoms with Gasteiger partial charge in [-0.2, -0.15) is 0 Å². The normalized spacial score (nSPS) is 18.8. The molecule has 2 nitrogen and oxygen atoms in total. The predicted octanol–water partition coefficient (Wildman–Crippen LogP) is 5.47. The largest absolute Gasteiger partial charge is 0.347 e. The Labute approximate surface area is 142 Å². The van der Waals surface area contributed by atoms with Crippen LogP contribution in [0.4, 0.5) is 8.78 Å². The summed E-state index contributed by atoms with van der Waals surface area (Å²) in [6.45, 7) is 8.70. The molecule has 0 aliphatic carbocycles. The Kier molecular flexibility index (Phi) is 6.07. The Bertz CT molecular complexity index is 727.